The third-order valence-electron chi connectivity index (χ3n) is 6.92. The summed E-state index contributed by atoms with van der Waals surface area (Å²) in [6.07, 6.45) is 8.60. The minimum Gasteiger partial charge on any atom is -0.489 e. The smallest absolute Gasteiger partial charge is 0.123 e. The Kier molecular flexibility index (Phi) is 4.43. The highest BCUT2D eigenvalue weighted by atomic mass is 19.1. The first-order chi connectivity index (χ1) is 13.2. The topological polar surface area (TPSA) is 21.3 Å². The fraction of sp³-hybridized carbons (Fsp3) is 0.500. The monoisotopic (exact) mass is 365 g/mol. The highest BCUT2D eigenvalue weighted by Gasteiger charge is 2.50. The first-order valence-corrected chi connectivity index (χ1v) is 10.4. The Morgan fingerprint density at radius 1 is 0.889 bits per heavy atom. The van der Waals surface area contributed by atoms with Crippen LogP contribution in [0.4, 0.5) is 4.39 Å². The van der Waals surface area contributed by atoms with Gasteiger partial charge < -0.3 is 10.1 Å². The van der Waals surface area contributed by atoms with Gasteiger partial charge in [0.1, 0.15) is 18.2 Å². The van der Waals surface area contributed by atoms with Crippen LogP contribution in [0, 0.1) is 23.6 Å². The zero-order valence-corrected chi connectivity index (χ0v) is 15.8. The van der Waals surface area contributed by atoms with E-state index in [1.54, 1.807) is 6.07 Å². The van der Waals surface area contributed by atoms with Gasteiger partial charge in [0.25, 0.3) is 0 Å². The lowest BCUT2D eigenvalue weighted by Crippen LogP contribution is -2.58. The van der Waals surface area contributed by atoms with Crippen LogP contribution in [0.5, 0.6) is 5.75 Å². The summed E-state index contributed by atoms with van der Waals surface area (Å²) in [5.74, 6) is 3.53. The lowest BCUT2D eigenvalue weighted by Gasteiger charge is -2.57. The van der Waals surface area contributed by atoms with Crippen molar-refractivity contribution in [3.05, 3.63) is 65.5 Å². The predicted molar refractivity (Wildman–Crippen MR) is 105 cm³/mol. The first-order valence-electron chi connectivity index (χ1n) is 10.4. The third kappa shape index (κ3) is 3.75. The van der Waals surface area contributed by atoms with E-state index in [4.69, 9.17) is 4.74 Å². The van der Waals surface area contributed by atoms with Crippen molar-refractivity contribution in [3.8, 4) is 5.75 Å². The van der Waals surface area contributed by atoms with E-state index in [-0.39, 0.29) is 5.82 Å². The van der Waals surface area contributed by atoms with Gasteiger partial charge in [-0.1, -0.05) is 24.3 Å². The molecule has 4 fully saturated rings. The van der Waals surface area contributed by atoms with Gasteiger partial charge in [0, 0.05) is 12.1 Å². The molecular formula is C24H28FNO. The van der Waals surface area contributed by atoms with Gasteiger partial charge in [-0.2, -0.15) is 0 Å². The summed E-state index contributed by atoms with van der Waals surface area (Å²) in [5.41, 5.74) is 2.56. The van der Waals surface area contributed by atoms with E-state index in [1.807, 2.05) is 18.2 Å². The van der Waals surface area contributed by atoms with Crippen LogP contribution in [0.1, 0.15) is 49.7 Å². The molecule has 1 N–H and O–H groups in total. The van der Waals surface area contributed by atoms with Gasteiger partial charge in [-0.25, -0.2) is 4.39 Å². The Labute approximate surface area is 161 Å². The Bertz CT molecular complexity index is 765. The second kappa shape index (κ2) is 6.94. The van der Waals surface area contributed by atoms with Crippen molar-refractivity contribution in [2.24, 2.45) is 17.8 Å². The summed E-state index contributed by atoms with van der Waals surface area (Å²) in [5, 5.41) is 3.94. The standard InChI is InChI=1S/C24H28FNO/c25-22-3-1-2-18(11-22)16-27-23-6-4-17(5-7-23)15-26-24-12-19-8-20(13-24)10-21(9-19)14-24/h1-7,11,19-21,26H,8-10,12-16H2. The molecule has 4 saturated carbocycles. The lowest BCUT2D eigenvalue weighted by atomic mass is 9.53. The number of benzene rings is 2. The molecule has 0 heterocycles. The molecule has 2 nitrogen and oxygen atoms in total. The van der Waals surface area contributed by atoms with Gasteiger partial charge in [-0.15, -0.1) is 0 Å². The fourth-order valence-electron chi connectivity index (χ4n) is 6.11. The molecular weight excluding hydrogens is 337 g/mol. The Morgan fingerprint density at radius 2 is 1.56 bits per heavy atom. The van der Waals surface area contributed by atoms with E-state index in [1.165, 1.54) is 56.2 Å². The van der Waals surface area contributed by atoms with Crippen molar-refractivity contribution in [3.63, 3.8) is 0 Å². The van der Waals surface area contributed by atoms with Crippen molar-refractivity contribution in [1.29, 1.82) is 0 Å². The van der Waals surface area contributed by atoms with Gasteiger partial charge in [-0.05, 0) is 91.7 Å². The summed E-state index contributed by atoms with van der Waals surface area (Å²) >= 11 is 0. The Hall–Kier alpha value is -1.87. The molecule has 0 unspecified atom stereocenters. The molecule has 4 bridgehead atoms. The van der Waals surface area contributed by atoms with Crippen LogP contribution >= 0.6 is 0 Å². The van der Waals surface area contributed by atoms with Crippen LogP contribution in [0.15, 0.2) is 48.5 Å². The van der Waals surface area contributed by atoms with Crippen molar-refractivity contribution in [2.45, 2.75) is 57.2 Å². The molecule has 0 aromatic heterocycles. The third-order valence-corrected chi connectivity index (χ3v) is 6.92. The molecule has 0 atom stereocenters. The molecule has 27 heavy (non-hydrogen) atoms. The van der Waals surface area contributed by atoms with E-state index in [0.717, 1.165) is 35.6 Å². The molecule has 142 valence electrons. The van der Waals surface area contributed by atoms with Crippen molar-refractivity contribution in [2.75, 3.05) is 0 Å². The fourth-order valence-corrected chi connectivity index (χ4v) is 6.11. The molecule has 0 spiro atoms. The maximum absolute atomic E-state index is 13.2. The summed E-state index contributed by atoms with van der Waals surface area (Å²) in [6, 6.07) is 14.9. The van der Waals surface area contributed by atoms with Crippen LogP contribution < -0.4 is 10.1 Å². The minimum absolute atomic E-state index is 0.220. The van der Waals surface area contributed by atoms with Crippen molar-refractivity contribution in [1.82, 2.24) is 5.32 Å². The highest BCUT2D eigenvalue weighted by Crippen LogP contribution is 2.55. The van der Waals surface area contributed by atoms with Gasteiger partial charge >= 0.3 is 0 Å². The SMILES string of the molecule is Fc1cccc(COc2ccc(CNC34CC5CC(CC(C5)C3)C4)cc2)c1. The molecule has 2 aromatic carbocycles. The number of halogens is 1. The first kappa shape index (κ1) is 17.2. The quantitative estimate of drug-likeness (QED) is 0.733. The van der Waals surface area contributed by atoms with Crippen LogP contribution in [-0.2, 0) is 13.2 Å². The molecule has 6 rings (SSSR count). The molecule has 4 aliphatic rings. The van der Waals surface area contributed by atoms with E-state index < -0.39 is 0 Å². The largest absolute Gasteiger partial charge is 0.489 e. The maximum atomic E-state index is 13.2. The molecule has 4 aliphatic carbocycles. The van der Waals surface area contributed by atoms with Gasteiger partial charge in [0.15, 0.2) is 0 Å². The van der Waals surface area contributed by atoms with Gasteiger partial charge in [0.05, 0.1) is 0 Å². The van der Waals surface area contributed by atoms with Crippen molar-refractivity contribution >= 4 is 0 Å². The van der Waals surface area contributed by atoms with E-state index in [9.17, 15) is 4.39 Å². The predicted octanol–water partition coefficient (Wildman–Crippen LogP) is 5.46. The molecule has 0 radical (unpaired) electrons. The number of nitrogens with one attached hydrogen (secondary N) is 1. The average Bonchev–Trinajstić information content (AvgIpc) is 2.65. The lowest BCUT2D eigenvalue weighted by molar-refractivity contribution is -0.0206. The normalized spacial score (nSPS) is 31.2. The Morgan fingerprint density at radius 3 is 2.19 bits per heavy atom. The molecule has 2 aromatic rings. The number of rotatable bonds is 6. The molecule has 0 aliphatic heterocycles. The second-order valence-electron chi connectivity index (χ2n) is 9.11. The zero-order chi connectivity index (χ0) is 18.3. The molecule has 0 saturated heterocycles. The average molecular weight is 365 g/mol. The summed E-state index contributed by atoms with van der Waals surface area (Å²) < 4.78 is 19.0. The Balaban J connectivity index is 1.16. The van der Waals surface area contributed by atoms with Crippen LogP contribution in [0.3, 0.4) is 0 Å². The zero-order valence-electron chi connectivity index (χ0n) is 15.8. The van der Waals surface area contributed by atoms with Crippen LogP contribution in [0.2, 0.25) is 0 Å². The van der Waals surface area contributed by atoms with E-state index in [0.29, 0.717) is 12.1 Å². The summed E-state index contributed by atoms with van der Waals surface area (Å²) in [7, 11) is 0. The molecule has 3 heteroatoms. The van der Waals surface area contributed by atoms with Crippen LogP contribution in [-0.4, -0.2) is 5.54 Å². The second-order valence-corrected chi connectivity index (χ2v) is 9.11. The van der Waals surface area contributed by atoms with Crippen molar-refractivity contribution < 1.29 is 9.13 Å². The van der Waals surface area contributed by atoms with E-state index >= 15 is 0 Å². The van der Waals surface area contributed by atoms with Crippen LogP contribution in [0.25, 0.3) is 0 Å². The van der Waals surface area contributed by atoms with E-state index in [2.05, 4.69) is 17.4 Å². The number of ether oxygens (including phenoxy) is 1. The number of hydrogen-bond acceptors (Lipinski definition) is 2. The van der Waals surface area contributed by atoms with Gasteiger partial charge in [-0.3, -0.25) is 0 Å². The summed E-state index contributed by atoms with van der Waals surface area (Å²) in [6.45, 7) is 1.33. The minimum atomic E-state index is -0.220. The maximum Gasteiger partial charge on any atom is 0.123 e. The highest BCUT2D eigenvalue weighted by molar-refractivity contribution is 5.28. The summed E-state index contributed by atoms with van der Waals surface area (Å²) in [4.78, 5) is 0. The molecule has 0 amide bonds. The van der Waals surface area contributed by atoms with Gasteiger partial charge in [0.2, 0.25) is 0 Å². The number of hydrogen-bond donors (Lipinski definition) is 1.